The average molecular weight is 235 g/mol. The summed E-state index contributed by atoms with van der Waals surface area (Å²) < 4.78 is 5.15. The fourth-order valence-electron chi connectivity index (χ4n) is 1.26. The molecule has 5 heteroatoms. The fraction of sp³-hybridized carbons (Fsp3) is 0.273. The summed E-state index contributed by atoms with van der Waals surface area (Å²) in [5, 5.41) is 6.96. The van der Waals surface area contributed by atoms with E-state index in [9.17, 15) is 0 Å². The van der Waals surface area contributed by atoms with E-state index in [0.29, 0.717) is 11.8 Å². The van der Waals surface area contributed by atoms with Crippen molar-refractivity contribution in [3.05, 3.63) is 30.3 Å². The number of thioether (sulfide) groups is 1. The number of rotatable bonds is 5. The molecule has 0 aliphatic carbocycles. The van der Waals surface area contributed by atoms with Crippen LogP contribution in [0.1, 0.15) is 0 Å². The number of anilines is 1. The summed E-state index contributed by atoms with van der Waals surface area (Å²) in [6.07, 6.45) is 2.06. The van der Waals surface area contributed by atoms with Gasteiger partial charge in [0.05, 0.1) is 0 Å². The fourth-order valence-corrected chi connectivity index (χ4v) is 1.56. The number of benzene rings is 1. The molecule has 0 fully saturated rings. The zero-order valence-corrected chi connectivity index (χ0v) is 9.83. The highest BCUT2D eigenvalue weighted by Gasteiger charge is 2.06. The zero-order chi connectivity index (χ0) is 11.2. The van der Waals surface area contributed by atoms with Crippen LogP contribution in [0.5, 0.6) is 0 Å². The lowest BCUT2D eigenvalue weighted by Gasteiger charge is -1.96. The minimum atomic E-state index is 0.548. The van der Waals surface area contributed by atoms with Crippen molar-refractivity contribution in [1.82, 2.24) is 10.1 Å². The second kappa shape index (κ2) is 5.55. The van der Waals surface area contributed by atoms with Crippen LogP contribution in [0.3, 0.4) is 0 Å². The molecule has 0 unspecified atom stereocenters. The first-order valence-corrected chi connectivity index (χ1v) is 6.41. The first-order chi connectivity index (χ1) is 7.90. The predicted octanol–water partition coefficient (Wildman–Crippen LogP) is 2.51. The highest BCUT2D eigenvalue weighted by molar-refractivity contribution is 7.98. The molecule has 0 aliphatic rings. The van der Waals surface area contributed by atoms with E-state index in [0.717, 1.165) is 17.9 Å². The molecule has 0 saturated carbocycles. The van der Waals surface area contributed by atoms with Crippen molar-refractivity contribution in [3.8, 4) is 11.5 Å². The maximum atomic E-state index is 5.15. The summed E-state index contributed by atoms with van der Waals surface area (Å²) in [4.78, 5) is 4.25. The van der Waals surface area contributed by atoms with E-state index in [-0.39, 0.29) is 0 Å². The molecule has 0 amide bonds. The Morgan fingerprint density at radius 2 is 2.12 bits per heavy atom. The highest BCUT2D eigenvalue weighted by atomic mass is 32.2. The summed E-state index contributed by atoms with van der Waals surface area (Å²) in [5.74, 6) is 2.12. The second-order valence-corrected chi connectivity index (χ2v) is 4.19. The number of aromatic nitrogens is 2. The monoisotopic (exact) mass is 235 g/mol. The Kier molecular flexibility index (Phi) is 3.82. The lowest BCUT2D eigenvalue weighted by atomic mass is 10.2. The Balaban J connectivity index is 2.02. The Labute approximate surface area is 98.4 Å². The molecule has 1 heterocycles. The number of nitrogens with zero attached hydrogens (tertiary/aromatic N) is 2. The molecule has 1 aromatic carbocycles. The van der Waals surface area contributed by atoms with E-state index < -0.39 is 0 Å². The largest absolute Gasteiger partial charge is 0.351 e. The summed E-state index contributed by atoms with van der Waals surface area (Å²) in [6.45, 7) is 0.842. The van der Waals surface area contributed by atoms with Gasteiger partial charge < -0.3 is 9.84 Å². The average Bonchev–Trinajstić information content (AvgIpc) is 2.79. The van der Waals surface area contributed by atoms with Gasteiger partial charge in [-0.05, 0) is 23.5 Å². The lowest BCUT2D eigenvalue weighted by molar-refractivity contribution is 0.432. The Bertz CT molecular complexity index is 430. The second-order valence-electron chi connectivity index (χ2n) is 3.21. The van der Waals surface area contributed by atoms with Gasteiger partial charge in [0.15, 0.2) is 0 Å². The molecule has 0 spiro atoms. The van der Waals surface area contributed by atoms with Crippen LogP contribution in [-0.4, -0.2) is 28.7 Å². The van der Waals surface area contributed by atoms with Crippen molar-refractivity contribution in [2.75, 3.05) is 23.9 Å². The van der Waals surface area contributed by atoms with Gasteiger partial charge in [-0.1, -0.05) is 18.2 Å². The van der Waals surface area contributed by atoms with Crippen molar-refractivity contribution in [2.24, 2.45) is 0 Å². The molecule has 0 saturated heterocycles. The minimum Gasteiger partial charge on any atom is -0.351 e. The quantitative estimate of drug-likeness (QED) is 0.807. The van der Waals surface area contributed by atoms with Crippen LogP contribution >= 0.6 is 11.8 Å². The first-order valence-electron chi connectivity index (χ1n) is 5.02. The van der Waals surface area contributed by atoms with E-state index in [1.54, 1.807) is 11.8 Å². The molecule has 0 aliphatic heterocycles. The standard InChI is InChI=1S/C11H13N3OS/c1-16-8-7-12-11-13-10(15-14-11)9-5-3-2-4-6-9/h2-6H,7-8H2,1H3,(H,12,14). The SMILES string of the molecule is CSCCNc1noc(-c2ccccc2)n1. The van der Waals surface area contributed by atoms with Gasteiger partial charge >= 0.3 is 0 Å². The third-order valence-electron chi connectivity index (χ3n) is 2.04. The summed E-state index contributed by atoms with van der Waals surface area (Å²) in [5.41, 5.74) is 0.938. The minimum absolute atomic E-state index is 0.548. The van der Waals surface area contributed by atoms with Gasteiger partial charge in [0, 0.05) is 17.9 Å². The highest BCUT2D eigenvalue weighted by Crippen LogP contribution is 2.17. The van der Waals surface area contributed by atoms with Gasteiger partial charge in [-0.2, -0.15) is 16.7 Å². The Morgan fingerprint density at radius 1 is 1.31 bits per heavy atom. The van der Waals surface area contributed by atoms with E-state index in [1.165, 1.54) is 0 Å². The van der Waals surface area contributed by atoms with Gasteiger partial charge in [-0.3, -0.25) is 0 Å². The number of hydrogen-bond acceptors (Lipinski definition) is 5. The molecule has 0 bridgehead atoms. The van der Waals surface area contributed by atoms with Crippen LogP contribution in [0, 0.1) is 0 Å². The molecule has 1 N–H and O–H groups in total. The van der Waals surface area contributed by atoms with Crippen molar-refractivity contribution in [1.29, 1.82) is 0 Å². The van der Waals surface area contributed by atoms with Gasteiger partial charge in [0.2, 0.25) is 0 Å². The molecule has 2 rings (SSSR count). The van der Waals surface area contributed by atoms with Crippen LogP contribution in [0.4, 0.5) is 5.95 Å². The van der Waals surface area contributed by atoms with Gasteiger partial charge in [0.1, 0.15) is 0 Å². The third-order valence-corrected chi connectivity index (χ3v) is 2.65. The van der Waals surface area contributed by atoms with Crippen molar-refractivity contribution in [3.63, 3.8) is 0 Å². The molecule has 0 radical (unpaired) electrons. The van der Waals surface area contributed by atoms with E-state index >= 15 is 0 Å². The lowest BCUT2D eigenvalue weighted by Crippen LogP contribution is -2.04. The molecule has 4 nitrogen and oxygen atoms in total. The maximum absolute atomic E-state index is 5.15. The summed E-state index contributed by atoms with van der Waals surface area (Å²) >= 11 is 1.78. The van der Waals surface area contributed by atoms with Crippen molar-refractivity contribution in [2.45, 2.75) is 0 Å². The van der Waals surface area contributed by atoms with Crippen LogP contribution in [-0.2, 0) is 0 Å². The van der Waals surface area contributed by atoms with Crippen molar-refractivity contribution < 1.29 is 4.52 Å². The summed E-state index contributed by atoms with van der Waals surface area (Å²) in [7, 11) is 0. The van der Waals surface area contributed by atoms with Crippen LogP contribution in [0.25, 0.3) is 11.5 Å². The smallest absolute Gasteiger partial charge is 0.263 e. The molecule has 84 valence electrons. The number of nitrogens with one attached hydrogen (secondary N) is 1. The maximum Gasteiger partial charge on any atom is 0.263 e. The van der Waals surface area contributed by atoms with Crippen LogP contribution < -0.4 is 5.32 Å². The van der Waals surface area contributed by atoms with Gasteiger partial charge in [-0.25, -0.2) is 0 Å². The van der Waals surface area contributed by atoms with Crippen LogP contribution in [0.15, 0.2) is 34.9 Å². The first kappa shape index (κ1) is 11.0. The molecular formula is C11H13N3OS. The van der Waals surface area contributed by atoms with Gasteiger partial charge in [-0.15, -0.1) is 0 Å². The van der Waals surface area contributed by atoms with E-state index in [4.69, 9.17) is 4.52 Å². The van der Waals surface area contributed by atoms with Crippen LogP contribution in [0.2, 0.25) is 0 Å². The van der Waals surface area contributed by atoms with E-state index in [1.807, 2.05) is 30.3 Å². The summed E-state index contributed by atoms with van der Waals surface area (Å²) in [6, 6.07) is 9.73. The van der Waals surface area contributed by atoms with Crippen molar-refractivity contribution >= 4 is 17.7 Å². The topological polar surface area (TPSA) is 51.0 Å². The number of hydrogen-bond donors (Lipinski definition) is 1. The molecule has 1 aromatic heterocycles. The zero-order valence-electron chi connectivity index (χ0n) is 9.01. The third kappa shape index (κ3) is 2.76. The molecular weight excluding hydrogens is 222 g/mol. The van der Waals surface area contributed by atoms with E-state index in [2.05, 4.69) is 21.7 Å². The molecule has 0 atom stereocenters. The Morgan fingerprint density at radius 3 is 2.88 bits per heavy atom. The Hall–Kier alpha value is -1.49. The normalized spacial score (nSPS) is 10.3. The predicted molar refractivity (Wildman–Crippen MR) is 66.6 cm³/mol. The van der Waals surface area contributed by atoms with Gasteiger partial charge in [0.25, 0.3) is 11.8 Å². The molecule has 16 heavy (non-hydrogen) atoms. The molecule has 2 aromatic rings.